The highest BCUT2D eigenvalue weighted by molar-refractivity contribution is 5.72. The Morgan fingerprint density at radius 1 is 1.37 bits per heavy atom. The number of hydrogen-bond donors (Lipinski definition) is 2. The summed E-state index contributed by atoms with van der Waals surface area (Å²) < 4.78 is 1.80. The zero-order valence-corrected chi connectivity index (χ0v) is 11.1. The first-order chi connectivity index (χ1) is 8.92. The molecule has 0 saturated heterocycles. The lowest BCUT2D eigenvalue weighted by Crippen LogP contribution is -2.34. The fourth-order valence-electron chi connectivity index (χ4n) is 1.67. The smallest absolute Gasteiger partial charge is 0.317 e. The SMILES string of the molecule is CCC(C)n1ccc(CN(CC(=O)O)CC(=O)O)n1. The Hall–Kier alpha value is -1.89. The van der Waals surface area contributed by atoms with Crippen LogP contribution in [0.15, 0.2) is 12.3 Å². The van der Waals surface area contributed by atoms with Crippen molar-refractivity contribution in [1.29, 1.82) is 0 Å². The van der Waals surface area contributed by atoms with Gasteiger partial charge in [-0.3, -0.25) is 19.2 Å². The van der Waals surface area contributed by atoms with Gasteiger partial charge in [-0.15, -0.1) is 0 Å². The van der Waals surface area contributed by atoms with Crippen LogP contribution >= 0.6 is 0 Å². The third-order valence-electron chi connectivity index (χ3n) is 2.81. The van der Waals surface area contributed by atoms with Gasteiger partial charge in [-0.05, 0) is 19.4 Å². The topological polar surface area (TPSA) is 95.7 Å². The Labute approximate surface area is 111 Å². The van der Waals surface area contributed by atoms with Gasteiger partial charge in [0, 0.05) is 18.8 Å². The molecule has 0 aliphatic heterocycles. The summed E-state index contributed by atoms with van der Waals surface area (Å²) in [6, 6.07) is 2.05. The van der Waals surface area contributed by atoms with Crippen molar-refractivity contribution in [2.75, 3.05) is 13.1 Å². The number of rotatable bonds is 8. The van der Waals surface area contributed by atoms with Crippen molar-refractivity contribution in [3.05, 3.63) is 18.0 Å². The number of aliphatic carboxylic acids is 2. The Morgan fingerprint density at radius 3 is 2.42 bits per heavy atom. The number of aromatic nitrogens is 2. The Morgan fingerprint density at radius 2 is 1.95 bits per heavy atom. The molecule has 0 amide bonds. The zero-order chi connectivity index (χ0) is 14.4. The van der Waals surface area contributed by atoms with E-state index in [1.807, 2.05) is 20.0 Å². The van der Waals surface area contributed by atoms with E-state index in [-0.39, 0.29) is 25.7 Å². The van der Waals surface area contributed by atoms with Crippen LogP contribution in [-0.4, -0.2) is 49.9 Å². The van der Waals surface area contributed by atoms with Crippen LogP contribution in [0, 0.1) is 0 Å². The van der Waals surface area contributed by atoms with Crippen LogP contribution in [-0.2, 0) is 16.1 Å². The molecule has 0 aromatic carbocycles. The van der Waals surface area contributed by atoms with E-state index in [2.05, 4.69) is 5.10 Å². The van der Waals surface area contributed by atoms with Crippen molar-refractivity contribution < 1.29 is 19.8 Å². The van der Waals surface area contributed by atoms with E-state index in [0.717, 1.165) is 6.42 Å². The number of carboxylic acid groups (broad SMARTS) is 2. The first kappa shape index (κ1) is 15.2. The van der Waals surface area contributed by atoms with Gasteiger partial charge >= 0.3 is 11.9 Å². The molecule has 1 rings (SSSR count). The lowest BCUT2D eigenvalue weighted by atomic mass is 10.3. The van der Waals surface area contributed by atoms with Gasteiger partial charge in [0.1, 0.15) is 0 Å². The second kappa shape index (κ2) is 6.89. The van der Waals surface area contributed by atoms with Crippen molar-refractivity contribution in [2.24, 2.45) is 0 Å². The first-order valence-electron chi connectivity index (χ1n) is 6.12. The Kier molecular flexibility index (Phi) is 5.50. The van der Waals surface area contributed by atoms with E-state index in [1.54, 1.807) is 10.7 Å². The molecule has 7 nitrogen and oxygen atoms in total. The Bertz CT molecular complexity index is 428. The first-order valence-corrected chi connectivity index (χ1v) is 6.12. The third-order valence-corrected chi connectivity index (χ3v) is 2.81. The maximum atomic E-state index is 10.7. The molecule has 1 atom stereocenters. The number of carboxylic acids is 2. The second-order valence-corrected chi connectivity index (χ2v) is 4.48. The molecular formula is C12H19N3O4. The largest absolute Gasteiger partial charge is 0.480 e. The maximum Gasteiger partial charge on any atom is 0.317 e. The van der Waals surface area contributed by atoms with Gasteiger partial charge in [-0.25, -0.2) is 0 Å². The summed E-state index contributed by atoms with van der Waals surface area (Å²) in [4.78, 5) is 22.7. The highest BCUT2D eigenvalue weighted by atomic mass is 16.4. The molecule has 2 N–H and O–H groups in total. The predicted octanol–water partition coefficient (Wildman–Crippen LogP) is 0.825. The predicted molar refractivity (Wildman–Crippen MR) is 67.8 cm³/mol. The molecule has 106 valence electrons. The molecule has 0 aliphatic rings. The fourth-order valence-corrected chi connectivity index (χ4v) is 1.67. The van der Waals surface area contributed by atoms with E-state index < -0.39 is 11.9 Å². The van der Waals surface area contributed by atoms with Crippen LogP contribution in [0.3, 0.4) is 0 Å². The highest BCUT2D eigenvalue weighted by Crippen LogP contribution is 2.10. The van der Waals surface area contributed by atoms with Crippen molar-refractivity contribution in [2.45, 2.75) is 32.9 Å². The molecule has 19 heavy (non-hydrogen) atoms. The Balaban J connectivity index is 2.69. The lowest BCUT2D eigenvalue weighted by Gasteiger charge is -2.16. The molecule has 1 aromatic rings. The molecule has 0 saturated carbocycles. The summed E-state index contributed by atoms with van der Waals surface area (Å²) in [5.74, 6) is -2.11. The van der Waals surface area contributed by atoms with E-state index in [9.17, 15) is 9.59 Å². The van der Waals surface area contributed by atoms with Crippen LogP contribution < -0.4 is 0 Å². The minimum atomic E-state index is -1.05. The van der Waals surface area contributed by atoms with Crippen molar-refractivity contribution >= 4 is 11.9 Å². The number of hydrogen-bond acceptors (Lipinski definition) is 4. The molecule has 0 spiro atoms. The second-order valence-electron chi connectivity index (χ2n) is 4.48. The molecule has 1 heterocycles. The summed E-state index contributed by atoms with van der Waals surface area (Å²) in [5.41, 5.74) is 0.669. The van der Waals surface area contributed by atoms with Gasteiger partial charge in [-0.2, -0.15) is 5.10 Å². The minimum absolute atomic E-state index is 0.210. The number of carbonyl (C=O) groups is 2. The van der Waals surface area contributed by atoms with E-state index in [0.29, 0.717) is 5.69 Å². The molecule has 1 unspecified atom stereocenters. The zero-order valence-electron chi connectivity index (χ0n) is 11.1. The van der Waals surface area contributed by atoms with Gasteiger partial charge in [0.15, 0.2) is 0 Å². The summed E-state index contributed by atoms with van der Waals surface area (Å²) in [6.45, 7) is 3.66. The molecule has 0 fully saturated rings. The third kappa shape index (κ3) is 5.09. The van der Waals surface area contributed by atoms with Crippen LogP contribution in [0.1, 0.15) is 32.0 Å². The van der Waals surface area contributed by atoms with E-state index >= 15 is 0 Å². The van der Waals surface area contributed by atoms with Crippen LogP contribution in [0.25, 0.3) is 0 Å². The normalized spacial score (nSPS) is 12.6. The van der Waals surface area contributed by atoms with Gasteiger partial charge in [0.25, 0.3) is 0 Å². The van der Waals surface area contributed by atoms with Gasteiger partial charge in [-0.1, -0.05) is 6.92 Å². The minimum Gasteiger partial charge on any atom is -0.480 e. The molecule has 0 bridgehead atoms. The van der Waals surface area contributed by atoms with Gasteiger partial charge in [0.05, 0.1) is 18.8 Å². The molecule has 0 aliphatic carbocycles. The maximum absolute atomic E-state index is 10.7. The number of nitrogens with zero attached hydrogens (tertiary/aromatic N) is 3. The molecule has 1 aromatic heterocycles. The molecular weight excluding hydrogens is 250 g/mol. The quantitative estimate of drug-likeness (QED) is 0.725. The van der Waals surface area contributed by atoms with Crippen molar-refractivity contribution in [3.8, 4) is 0 Å². The van der Waals surface area contributed by atoms with Gasteiger partial charge in [0.2, 0.25) is 0 Å². The van der Waals surface area contributed by atoms with E-state index in [1.165, 1.54) is 4.90 Å². The molecule has 0 radical (unpaired) electrons. The monoisotopic (exact) mass is 269 g/mol. The lowest BCUT2D eigenvalue weighted by molar-refractivity contribution is -0.142. The standard InChI is InChI=1S/C12H19N3O4/c1-3-9(2)15-5-4-10(13-15)6-14(7-11(16)17)8-12(18)19/h4-5,9H,3,6-8H2,1-2H3,(H,16,17)(H,18,19). The molecule has 7 heteroatoms. The van der Waals surface area contributed by atoms with Crippen LogP contribution in [0.5, 0.6) is 0 Å². The van der Waals surface area contributed by atoms with Crippen molar-refractivity contribution in [3.63, 3.8) is 0 Å². The summed E-state index contributed by atoms with van der Waals surface area (Å²) in [6.07, 6.45) is 2.76. The van der Waals surface area contributed by atoms with Crippen LogP contribution in [0.2, 0.25) is 0 Å². The summed E-state index contributed by atoms with van der Waals surface area (Å²) >= 11 is 0. The van der Waals surface area contributed by atoms with Crippen LogP contribution in [0.4, 0.5) is 0 Å². The average molecular weight is 269 g/mol. The average Bonchev–Trinajstić information content (AvgIpc) is 2.74. The van der Waals surface area contributed by atoms with Crippen molar-refractivity contribution in [1.82, 2.24) is 14.7 Å². The van der Waals surface area contributed by atoms with Gasteiger partial charge < -0.3 is 10.2 Å². The summed E-state index contributed by atoms with van der Waals surface area (Å²) in [7, 11) is 0. The summed E-state index contributed by atoms with van der Waals surface area (Å²) in [5, 5.41) is 21.8. The van der Waals surface area contributed by atoms with E-state index in [4.69, 9.17) is 10.2 Å². The fraction of sp³-hybridized carbons (Fsp3) is 0.583. The highest BCUT2D eigenvalue weighted by Gasteiger charge is 2.15.